The Labute approximate surface area is 156 Å². The zero-order valence-corrected chi connectivity index (χ0v) is 15.8. The maximum Gasteiger partial charge on any atom is 0.334 e. The minimum atomic E-state index is -0.908. The predicted octanol–water partition coefficient (Wildman–Crippen LogP) is 2.29. The van der Waals surface area contributed by atoms with Crippen LogP contribution in [-0.2, 0) is 14.4 Å². The number of hydrogen-bond acceptors (Lipinski definition) is 5. The maximum absolute atomic E-state index is 12.5. The number of rotatable bonds is 6. The summed E-state index contributed by atoms with van der Waals surface area (Å²) < 4.78 is 0. The highest BCUT2D eigenvalue weighted by atomic mass is 32.1. The molecular formula is C18H23N3O4S. The molecule has 2 aliphatic rings. The molecule has 3 rings (SSSR count). The third-order valence-electron chi connectivity index (χ3n) is 4.91. The first-order valence-electron chi connectivity index (χ1n) is 8.92. The lowest BCUT2D eigenvalue weighted by Gasteiger charge is -2.23. The molecule has 0 spiro atoms. The van der Waals surface area contributed by atoms with E-state index in [9.17, 15) is 19.2 Å². The Morgan fingerprint density at radius 3 is 2.50 bits per heavy atom. The lowest BCUT2D eigenvalue weighted by atomic mass is 10.0. The monoisotopic (exact) mass is 377 g/mol. The summed E-state index contributed by atoms with van der Waals surface area (Å²) in [5, 5.41) is 4.81. The van der Waals surface area contributed by atoms with Gasteiger partial charge in [-0.25, -0.2) is 9.69 Å². The fraction of sp³-hybridized carbons (Fsp3) is 0.556. The van der Waals surface area contributed by atoms with Gasteiger partial charge in [-0.2, -0.15) is 0 Å². The van der Waals surface area contributed by atoms with Crippen molar-refractivity contribution in [1.82, 2.24) is 15.1 Å². The smallest absolute Gasteiger partial charge is 0.334 e. The largest absolute Gasteiger partial charge is 0.347 e. The van der Waals surface area contributed by atoms with Crippen LogP contribution in [0.3, 0.4) is 0 Å². The summed E-state index contributed by atoms with van der Waals surface area (Å²) in [6.07, 6.45) is 3.32. The Kier molecular flexibility index (Phi) is 5.41. The summed E-state index contributed by atoms with van der Waals surface area (Å²) >= 11 is 1.54. The van der Waals surface area contributed by atoms with Gasteiger partial charge in [0.1, 0.15) is 6.54 Å². The lowest BCUT2D eigenvalue weighted by molar-refractivity contribution is -0.144. The Hall–Kier alpha value is -2.22. The molecule has 1 aromatic rings. The predicted molar refractivity (Wildman–Crippen MR) is 96.3 cm³/mol. The first-order chi connectivity index (χ1) is 12.4. The van der Waals surface area contributed by atoms with Gasteiger partial charge in [0, 0.05) is 10.9 Å². The van der Waals surface area contributed by atoms with Crippen LogP contribution in [-0.4, -0.2) is 46.1 Å². The van der Waals surface area contributed by atoms with Crippen LogP contribution in [0.5, 0.6) is 0 Å². The van der Waals surface area contributed by atoms with Crippen LogP contribution in [0.15, 0.2) is 17.5 Å². The number of nitrogens with zero attached hydrogens (tertiary/aromatic N) is 2. The Bertz CT molecular complexity index is 710. The molecule has 1 unspecified atom stereocenters. The molecule has 1 N–H and O–H groups in total. The van der Waals surface area contributed by atoms with Gasteiger partial charge in [0.2, 0.25) is 5.91 Å². The second-order valence-corrected chi connectivity index (χ2v) is 8.07. The van der Waals surface area contributed by atoms with Crippen molar-refractivity contribution in [3.8, 4) is 0 Å². The van der Waals surface area contributed by atoms with Crippen molar-refractivity contribution in [3.63, 3.8) is 0 Å². The number of imide groups is 2. The molecule has 140 valence electrons. The van der Waals surface area contributed by atoms with Crippen molar-refractivity contribution < 1.29 is 19.2 Å². The summed E-state index contributed by atoms with van der Waals surface area (Å²) in [7, 11) is 0. The van der Waals surface area contributed by atoms with Gasteiger partial charge in [-0.3, -0.25) is 19.3 Å². The first-order valence-corrected chi connectivity index (χ1v) is 9.80. The lowest BCUT2D eigenvalue weighted by Crippen LogP contribution is -2.44. The van der Waals surface area contributed by atoms with Crippen LogP contribution in [0.2, 0.25) is 0 Å². The fourth-order valence-electron chi connectivity index (χ4n) is 3.54. The molecule has 0 aromatic carbocycles. The van der Waals surface area contributed by atoms with Gasteiger partial charge in [-0.1, -0.05) is 32.8 Å². The number of amides is 5. The van der Waals surface area contributed by atoms with E-state index < -0.39 is 30.3 Å². The Morgan fingerprint density at radius 1 is 1.23 bits per heavy atom. The molecule has 0 bridgehead atoms. The van der Waals surface area contributed by atoms with E-state index in [-0.39, 0.29) is 18.0 Å². The van der Waals surface area contributed by atoms with E-state index in [4.69, 9.17) is 0 Å². The summed E-state index contributed by atoms with van der Waals surface area (Å²) in [5.41, 5.74) is 0. The number of hydrogen-bond donors (Lipinski definition) is 1. The van der Waals surface area contributed by atoms with Crippen LogP contribution >= 0.6 is 11.3 Å². The molecule has 1 aliphatic heterocycles. The van der Waals surface area contributed by atoms with E-state index in [0.29, 0.717) is 0 Å². The molecule has 2 fully saturated rings. The van der Waals surface area contributed by atoms with E-state index in [2.05, 4.69) is 5.32 Å². The van der Waals surface area contributed by atoms with E-state index >= 15 is 0 Å². The zero-order chi connectivity index (χ0) is 18.8. The summed E-state index contributed by atoms with van der Waals surface area (Å²) in [6, 6.07) is 2.76. The second-order valence-electron chi connectivity index (χ2n) is 7.09. The summed E-state index contributed by atoms with van der Waals surface area (Å²) in [6.45, 7) is 3.55. The third kappa shape index (κ3) is 3.51. The molecule has 2 heterocycles. The standard InChI is InChI=1S/C18H23N3O4S/c1-11(2)15(13-8-5-9-26-13)19-14(22)10-20-16(23)17(24)21(18(20)25)12-6-3-4-7-12/h5,8-9,11-12,15H,3-4,6-7,10H2,1-2H3,(H,19,22). The van der Waals surface area contributed by atoms with Gasteiger partial charge in [-0.15, -0.1) is 11.3 Å². The van der Waals surface area contributed by atoms with Gasteiger partial charge in [0.15, 0.2) is 0 Å². The summed E-state index contributed by atoms with van der Waals surface area (Å²) in [5.74, 6) is -2.01. The number of nitrogens with one attached hydrogen (secondary N) is 1. The third-order valence-corrected chi connectivity index (χ3v) is 5.86. The van der Waals surface area contributed by atoms with E-state index in [1.807, 2.05) is 31.4 Å². The first kappa shape index (κ1) is 18.6. The highest BCUT2D eigenvalue weighted by molar-refractivity contribution is 7.10. The van der Waals surface area contributed by atoms with Crippen LogP contribution in [0, 0.1) is 5.92 Å². The van der Waals surface area contributed by atoms with Crippen LogP contribution in [0.4, 0.5) is 4.79 Å². The van der Waals surface area contributed by atoms with Crippen LogP contribution in [0.25, 0.3) is 0 Å². The molecule has 1 aromatic heterocycles. The summed E-state index contributed by atoms with van der Waals surface area (Å²) in [4.78, 5) is 52.2. The highest BCUT2D eigenvalue weighted by Crippen LogP contribution is 2.28. The van der Waals surface area contributed by atoms with Crippen LogP contribution in [0.1, 0.15) is 50.4 Å². The van der Waals surface area contributed by atoms with E-state index in [0.717, 1.165) is 40.4 Å². The number of carbonyl (C=O) groups is 4. The highest BCUT2D eigenvalue weighted by Gasteiger charge is 2.48. The molecular weight excluding hydrogens is 354 g/mol. The minimum absolute atomic E-state index is 0.152. The van der Waals surface area contributed by atoms with Gasteiger partial charge in [0.05, 0.1) is 6.04 Å². The van der Waals surface area contributed by atoms with Crippen molar-refractivity contribution in [1.29, 1.82) is 0 Å². The second kappa shape index (κ2) is 7.57. The zero-order valence-electron chi connectivity index (χ0n) is 14.9. The van der Waals surface area contributed by atoms with Crippen LogP contribution < -0.4 is 5.32 Å². The van der Waals surface area contributed by atoms with Crippen molar-refractivity contribution in [3.05, 3.63) is 22.4 Å². The van der Waals surface area contributed by atoms with Crippen molar-refractivity contribution in [2.75, 3.05) is 6.54 Å². The molecule has 1 atom stereocenters. The fourth-order valence-corrected chi connectivity index (χ4v) is 4.49. The molecule has 8 heteroatoms. The topological polar surface area (TPSA) is 86.8 Å². The molecule has 5 amide bonds. The normalized spacial score (nSPS) is 19.7. The van der Waals surface area contributed by atoms with E-state index in [1.54, 1.807) is 0 Å². The molecule has 1 saturated heterocycles. The number of thiophene rings is 1. The SMILES string of the molecule is CC(C)C(NC(=O)CN1C(=O)C(=O)N(C2CCCC2)C1=O)c1cccs1. The molecule has 26 heavy (non-hydrogen) atoms. The van der Waals surface area contributed by atoms with Gasteiger partial charge in [-0.05, 0) is 30.2 Å². The van der Waals surface area contributed by atoms with Gasteiger partial charge in [0.25, 0.3) is 0 Å². The van der Waals surface area contributed by atoms with E-state index in [1.165, 1.54) is 11.3 Å². The Balaban J connectivity index is 1.67. The average Bonchev–Trinajstić information content (AvgIpc) is 3.32. The Morgan fingerprint density at radius 2 is 1.92 bits per heavy atom. The molecule has 7 nitrogen and oxygen atoms in total. The number of urea groups is 1. The molecule has 1 aliphatic carbocycles. The van der Waals surface area contributed by atoms with Crippen molar-refractivity contribution in [2.45, 2.75) is 51.6 Å². The minimum Gasteiger partial charge on any atom is -0.347 e. The van der Waals surface area contributed by atoms with Gasteiger partial charge >= 0.3 is 17.8 Å². The molecule has 0 radical (unpaired) electrons. The quantitative estimate of drug-likeness (QED) is 0.609. The average molecular weight is 377 g/mol. The molecule has 1 saturated carbocycles. The van der Waals surface area contributed by atoms with Crippen molar-refractivity contribution in [2.24, 2.45) is 5.92 Å². The number of carbonyl (C=O) groups excluding carboxylic acids is 4. The van der Waals surface area contributed by atoms with Crippen molar-refractivity contribution >= 4 is 35.1 Å². The van der Waals surface area contributed by atoms with Gasteiger partial charge < -0.3 is 5.32 Å². The maximum atomic E-state index is 12.5.